The average molecular weight is 359 g/mol. The molecule has 2 rings (SSSR count). The molecular weight excluding hydrogens is 343 g/mol. The van der Waals surface area contributed by atoms with E-state index in [9.17, 15) is 4.79 Å². The Kier molecular flexibility index (Phi) is 5.67. The number of ether oxygens (including phenoxy) is 1. The van der Waals surface area contributed by atoms with Gasteiger partial charge in [-0.15, -0.1) is 11.3 Å². The molecule has 0 saturated heterocycles. The molecule has 1 aromatic heterocycles. The predicted molar refractivity (Wildman–Crippen MR) is 91.4 cm³/mol. The van der Waals surface area contributed by atoms with Crippen LogP contribution in [0.3, 0.4) is 0 Å². The van der Waals surface area contributed by atoms with Gasteiger partial charge in [0, 0.05) is 10.4 Å². The molecule has 4 nitrogen and oxygen atoms in total. The van der Waals surface area contributed by atoms with E-state index in [0.29, 0.717) is 26.8 Å². The number of benzene rings is 1. The number of aromatic nitrogens is 1. The number of anilines is 1. The Labute approximate surface area is 143 Å². The molecule has 1 heterocycles. The summed E-state index contributed by atoms with van der Waals surface area (Å²) in [5.41, 5.74) is 0.953. The summed E-state index contributed by atoms with van der Waals surface area (Å²) in [6.45, 7) is 5.75. The molecule has 0 spiro atoms. The fourth-order valence-electron chi connectivity index (χ4n) is 1.63. The zero-order valence-electron chi connectivity index (χ0n) is 12.4. The van der Waals surface area contributed by atoms with Crippen molar-refractivity contribution in [2.75, 3.05) is 5.32 Å². The smallest absolute Gasteiger partial charge is 0.266 e. The minimum Gasteiger partial charge on any atom is -0.479 e. The fourth-order valence-corrected chi connectivity index (χ4v) is 2.96. The molecule has 7 heteroatoms. The molecule has 0 bridgehead atoms. The maximum Gasteiger partial charge on any atom is 0.266 e. The topological polar surface area (TPSA) is 51.2 Å². The minimum absolute atomic E-state index is 0.282. The van der Waals surface area contributed by atoms with Crippen molar-refractivity contribution >= 4 is 45.6 Å². The zero-order chi connectivity index (χ0) is 16.3. The van der Waals surface area contributed by atoms with E-state index in [0.717, 1.165) is 5.69 Å². The van der Waals surface area contributed by atoms with Gasteiger partial charge in [-0.05, 0) is 31.0 Å². The van der Waals surface area contributed by atoms with E-state index in [1.807, 2.05) is 5.38 Å². The van der Waals surface area contributed by atoms with Crippen LogP contribution in [-0.2, 0) is 4.79 Å². The van der Waals surface area contributed by atoms with Gasteiger partial charge < -0.3 is 4.74 Å². The Morgan fingerprint density at radius 3 is 2.64 bits per heavy atom. The van der Waals surface area contributed by atoms with Crippen molar-refractivity contribution in [2.24, 2.45) is 0 Å². The van der Waals surface area contributed by atoms with Gasteiger partial charge in [0.25, 0.3) is 5.91 Å². The number of rotatable bonds is 5. The van der Waals surface area contributed by atoms with Crippen molar-refractivity contribution in [2.45, 2.75) is 32.8 Å². The third kappa shape index (κ3) is 4.35. The van der Waals surface area contributed by atoms with Gasteiger partial charge in [0.2, 0.25) is 0 Å². The summed E-state index contributed by atoms with van der Waals surface area (Å²) in [7, 11) is 0. The number of thiazole rings is 1. The van der Waals surface area contributed by atoms with Gasteiger partial charge in [-0.2, -0.15) is 0 Å². The highest BCUT2D eigenvalue weighted by Gasteiger charge is 2.18. The number of halogens is 2. The quantitative estimate of drug-likeness (QED) is 0.819. The van der Waals surface area contributed by atoms with Crippen LogP contribution in [0.15, 0.2) is 23.6 Å². The van der Waals surface area contributed by atoms with Gasteiger partial charge in [0.15, 0.2) is 11.2 Å². The standard InChI is InChI=1S/C15H16Cl2N2O2S/c1-8(2)12-7-22-15(18-12)19-14(20)9(3)21-13-5-4-10(16)6-11(13)17/h4-9H,1-3H3,(H,18,19,20). The number of amides is 1. The summed E-state index contributed by atoms with van der Waals surface area (Å²) in [5.74, 6) is 0.454. The van der Waals surface area contributed by atoms with Crippen LogP contribution >= 0.6 is 34.5 Å². The molecule has 1 amide bonds. The van der Waals surface area contributed by atoms with Gasteiger partial charge in [0.1, 0.15) is 5.75 Å². The highest BCUT2D eigenvalue weighted by atomic mass is 35.5. The summed E-state index contributed by atoms with van der Waals surface area (Å²) in [6.07, 6.45) is -0.704. The normalized spacial score (nSPS) is 12.3. The van der Waals surface area contributed by atoms with Crippen LogP contribution < -0.4 is 10.1 Å². The lowest BCUT2D eigenvalue weighted by Gasteiger charge is -2.14. The Hall–Kier alpha value is -1.30. The van der Waals surface area contributed by atoms with Crippen molar-refractivity contribution in [3.8, 4) is 5.75 Å². The molecule has 1 N–H and O–H groups in total. The third-order valence-electron chi connectivity index (χ3n) is 2.91. The lowest BCUT2D eigenvalue weighted by molar-refractivity contribution is -0.122. The first-order valence-corrected chi connectivity index (χ1v) is 8.38. The highest BCUT2D eigenvalue weighted by molar-refractivity contribution is 7.13. The van der Waals surface area contributed by atoms with E-state index < -0.39 is 6.10 Å². The number of hydrogen-bond acceptors (Lipinski definition) is 4. The molecule has 0 aliphatic carbocycles. The Bertz CT molecular complexity index is 673. The molecule has 22 heavy (non-hydrogen) atoms. The Morgan fingerprint density at radius 2 is 2.05 bits per heavy atom. The summed E-state index contributed by atoms with van der Waals surface area (Å²) in [4.78, 5) is 16.5. The van der Waals surface area contributed by atoms with Crippen molar-refractivity contribution in [3.05, 3.63) is 39.3 Å². The van der Waals surface area contributed by atoms with Crippen LogP contribution in [-0.4, -0.2) is 17.0 Å². The van der Waals surface area contributed by atoms with Gasteiger partial charge in [0.05, 0.1) is 10.7 Å². The monoisotopic (exact) mass is 358 g/mol. The predicted octanol–water partition coefficient (Wildman–Crippen LogP) is 4.98. The van der Waals surface area contributed by atoms with E-state index in [2.05, 4.69) is 24.1 Å². The first kappa shape index (κ1) is 17.1. The van der Waals surface area contributed by atoms with Crippen LogP contribution in [0, 0.1) is 0 Å². The van der Waals surface area contributed by atoms with Gasteiger partial charge in [-0.3, -0.25) is 10.1 Å². The summed E-state index contributed by atoms with van der Waals surface area (Å²) in [6, 6.07) is 4.86. The zero-order valence-corrected chi connectivity index (χ0v) is 14.7. The number of carbonyl (C=O) groups excluding carboxylic acids is 1. The number of nitrogens with one attached hydrogen (secondary N) is 1. The lowest BCUT2D eigenvalue weighted by atomic mass is 10.2. The molecule has 0 radical (unpaired) electrons. The second-order valence-corrected chi connectivity index (χ2v) is 6.76. The molecular formula is C15H16Cl2N2O2S. The molecule has 118 valence electrons. The molecule has 1 aromatic carbocycles. The maximum absolute atomic E-state index is 12.1. The summed E-state index contributed by atoms with van der Waals surface area (Å²) < 4.78 is 5.56. The van der Waals surface area contributed by atoms with E-state index >= 15 is 0 Å². The van der Waals surface area contributed by atoms with Crippen LogP contribution in [0.4, 0.5) is 5.13 Å². The van der Waals surface area contributed by atoms with E-state index in [1.54, 1.807) is 25.1 Å². The fraction of sp³-hybridized carbons (Fsp3) is 0.333. The largest absolute Gasteiger partial charge is 0.479 e. The van der Waals surface area contributed by atoms with Crippen molar-refractivity contribution in [1.82, 2.24) is 4.98 Å². The van der Waals surface area contributed by atoms with E-state index in [-0.39, 0.29) is 5.91 Å². The second kappa shape index (κ2) is 7.31. The first-order chi connectivity index (χ1) is 10.4. The van der Waals surface area contributed by atoms with E-state index in [4.69, 9.17) is 27.9 Å². The van der Waals surface area contributed by atoms with Crippen molar-refractivity contribution in [3.63, 3.8) is 0 Å². The van der Waals surface area contributed by atoms with Crippen LogP contribution in [0.1, 0.15) is 32.4 Å². The van der Waals surface area contributed by atoms with Crippen LogP contribution in [0.25, 0.3) is 0 Å². The molecule has 2 aromatic rings. The Morgan fingerprint density at radius 1 is 1.32 bits per heavy atom. The molecule has 1 unspecified atom stereocenters. The summed E-state index contributed by atoms with van der Waals surface area (Å²) in [5, 5.41) is 6.11. The van der Waals surface area contributed by atoms with Crippen LogP contribution in [0.5, 0.6) is 5.75 Å². The molecule has 0 aliphatic rings. The van der Waals surface area contributed by atoms with Crippen LogP contribution in [0.2, 0.25) is 10.0 Å². The van der Waals surface area contributed by atoms with Crippen molar-refractivity contribution in [1.29, 1.82) is 0 Å². The van der Waals surface area contributed by atoms with Gasteiger partial charge in [-0.25, -0.2) is 4.98 Å². The van der Waals surface area contributed by atoms with Gasteiger partial charge >= 0.3 is 0 Å². The third-order valence-corrected chi connectivity index (χ3v) is 4.22. The van der Waals surface area contributed by atoms with E-state index in [1.165, 1.54) is 11.3 Å². The highest BCUT2D eigenvalue weighted by Crippen LogP contribution is 2.28. The number of carbonyl (C=O) groups is 1. The SMILES string of the molecule is CC(Oc1ccc(Cl)cc1Cl)C(=O)Nc1nc(C(C)C)cs1. The first-order valence-electron chi connectivity index (χ1n) is 6.75. The maximum atomic E-state index is 12.1. The Balaban J connectivity index is 1.99. The number of nitrogens with zero attached hydrogens (tertiary/aromatic N) is 1. The van der Waals surface area contributed by atoms with Crippen molar-refractivity contribution < 1.29 is 9.53 Å². The summed E-state index contributed by atoms with van der Waals surface area (Å²) >= 11 is 13.2. The molecule has 0 fully saturated rings. The molecule has 1 atom stereocenters. The lowest BCUT2D eigenvalue weighted by Crippen LogP contribution is -2.30. The molecule has 0 saturated carbocycles. The molecule has 0 aliphatic heterocycles. The number of hydrogen-bond donors (Lipinski definition) is 1. The minimum atomic E-state index is -0.704. The second-order valence-electron chi connectivity index (χ2n) is 5.06. The van der Waals surface area contributed by atoms with Gasteiger partial charge in [-0.1, -0.05) is 37.0 Å². The average Bonchev–Trinajstić information content (AvgIpc) is 2.90.